The predicted molar refractivity (Wildman–Crippen MR) is 99.3 cm³/mol. The van der Waals surface area contributed by atoms with E-state index in [0.717, 1.165) is 37.6 Å². The van der Waals surface area contributed by atoms with Crippen LogP contribution in [0.3, 0.4) is 0 Å². The number of hydrogen-bond donors (Lipinski definition) is 3. The van der Waals surface area contributed by atoms with Gasteiger partial charge in [0.1, 0.15) is 11.6 Å². The summed E-state index contributed by atoms with van der Waals surface area (Å²) in [5.41, 5.74) is 0.712. The van der Waals surface area contributed by atoms with Gasteiger partial charge in [-0.05, 0) is 32.8 Å². The molecule has 8 heteroatoms. The molecule has 1 atom stereocenters. The van der Waals surface area contributed by atoms with Gasteiger partial charge < -0.3 is 20.5 Å². The number of aromatic nitrogens is 3. The number of nitrogens with zero attached hydrogens (tertiary/aromatic N) is 4. The van der Waals surface area contributed by atoms with Crippen LogP contribution in [0.2, 0.25) is 0 Å². The van der Waals surface area contributed by atoms with Gasteiger partial charge in [-0.2, -0.15) is 5.10 Å². The second kappa shape index (κ2) is 8.07. The maximum Gasteiger partial charge on any atom is 0.192 e. The fourth-order valence-corrected chi connectivity index (χ4v) is 3.11. The van der Waals surface area contributed by atoms with Gasteiger partial charge in [-0.25, -0.2) is 14.7 Å². The lowest BCUT2D eigenvalue weighted by atomic mass is 10.1. The first-order valence-electron chi connectivity index (χ1n) is 8.93. The summed E-state index contributed by atoms with van der Waals surface area (Å²) in [6.45, 7) is 5.92. The van der Waals surface area contributed by atoms with Crippen LogP contribution in [0.25, 0.3) is 0 Å². The zero-order chi connectivity index (χ0) is 18.5. The maximum atomic E-state index is 10.2. The van der Waals surface area contributed by atoms with Crippen LogP contribution in [0.15, 0.2) is 23.2 Å². The van der Waals surface area contributed by atoms with E-state index in [-0.39, 0.29) is 11.8 Å². The fraction of sp³-hybridized carbons (Fsp3) is 0.500. The van der Waals surface area contributed by atoms with Crippen LogP contribution >= 0.6 is 0 Å². The molecule has 0 spiro atoms. The Kier molecular flexibility index (Phi) is 5.60. The molecule has 0 amide bonds. The molecule has 3 rings (SSSR count). The molecule has 8 nitrogen and oxygen atoms in total. The fourth-order valence-electron chi connectivity index (χ4n) is 3.11. The summed E-state index contributed by atoms with van der Waals surface area (Å²) >= 11 is 0. The molecule has 1 aromatic heterocycles. The molecule has 140 valence electrons. The molecule has 1 aliphatic heterocycles. The van der Waals surface area contributed by atoms with Crippen molar-refractivity contribution in [1.82, 2.24) is 25.4 Å². The Balaban J connectivity index is 1.76. The molecule has 0 fully saturated rings. The van der Waals surface area contributed by atoms with Gasteiger partial charge >= 0.3 is 0 Å². The van der Waals surface area contributed by atoms with Gasteiger partial charge in [-0.15, -0.1) is 0 Å². The summed E-state index contributed by atoms with van der Waals surface area (Å²) < 4.78 is 7.12. The first kappa shape index (κ1) is 18.0. The standard InChI is InChI=1S/C18H26N6O2/c1-4-19-18(20-11-13-7-5-9-15(26-3)16(13)25)22-14-8-6-10-24-17(14)21-12(2)23-24/h5,7,9,14,25H,4,6,8,10-11H2,1-3H3,(H2,19,20,22). The number of benzene rings is 1. The number of methoxy groups -OCH3 is 1. The number of para-hydroxylation sites is 1. The quantitative estimate of drug-likeness (QED) is 0.558. The molecule has 1 unspecified atom stereocenters. The third-order valence-corrected chi connectivity index (χ3v) is 4.35. The van der Waals surface area contributed by atoms with Crippen molar-refractivity contribution in [2.45, 2.75) is 45.8 Å². The molecule has 0 saturated heterocycles. The Labute approximate surface area is 153 Å². The van der Waals surface area contributed by atoms with Crippen molar-refractivity contribution in [3.8, 4) is 11.5 Å². The number of aryl methyl sites for hydroxylation is 2. The summed E-state index contributed by atoms with van der Waals surface area (Å²) in [6.07, 6.45) is 2.02. The van der Waals surface area contributed by atoms with E-state index < -0.39 is 0 Å². The predicted octanol–water partition coefficient (Wildman–Crippen LogP) is 1.89. The van der Waals surface area contributed by atoms with Crippen molar-refractivity contribution in [3.63, 3.8) is 0 Å². The van der Waals surface area contributed by atoms with E-state index in [2.05, 4.69) is 25.7 Å². The summed E-state index contributed by atoms with van der Waals surface area (Å²) in [4.78, 5) is 9.17. The van der Waals surface area contributed by atoms with Gasteiger partial charge in [0.25, 0.3) is 0 Å². The number of phenols is 1. The normalized spacial score (nSPS) is 16.9. The van der Waals surface area contributed by atoms with Crippen molar-refractivity contribution in [2.24, 2.45) is 4.99 Å². The molecule has 0 saturated carbocycles. The van der Waals surface area contributed by atoms with Crippen LogP contribution in [0.5, 0.6) is 11.5 Å². The molecular weight excluding hydrogens is 332 g/mol. The number of guanidine groups is 1. The Morgan fingerprint density at radius 3 is 3.08 bits per heavy atom. The van der Waals surface area contributed by atoms with Crippen molar-refractivity contribution in [3.05, 3.63) is 35.4 Å². The van der Waals surface area contributed by atoms with Gasteiger partial charge in [0.2, 0.25) is 0 Å². The van der Waals surface area contributed by atoms with Crippen LogP contribution in [-0.2, 0) is 13.1 Å². The smallest absolute Gasteiger partial charge is 0.192 e. The molecular formula is C18H26N6O2. The Morgan fingerprint density at radius 1 is 1.46 bits per heavy atom. The van der Waals surface area contributed by atoms with Crippen molar-refractivity contribution in [1.29, 1.82) is 0 Å². The molecule has 2 aromatic rings. The summed E-state index contributed by atoms with van der Waals surface area (Å²) in [6, 6.07) is 5.48. The van der Waals surface area contributed by atoms with Crippen LogP contribution in [0, 0.1) is 6.92 Å². The van der Waals surface area contributed by atoms with E-state index in [0.29, 0.717) is 23.8 Å². The molecule has 1 aromatic carbocycles. The topological polar surface area (TPSA) is 96.6 Å². The third-order valence-electron chi connectivity index (χ3n) is 4.35. The zero-order valence-electron chi connectivity index (χ0n) is 15.5. The first-order chi connectivity index (χ1) is 12.6. The Morgan fingerprint density at radius 2 is 2.31 bits per heavy atom. The molecule has 0 aliphatic carbocycles. The van der Waals surface area contributed by atoms with Gasteiger partial charge in [0.15, 0.2) is 17.5 Å². The SMILES string of the molecule is CCNC(=NCc1cccc(OC)c1O)NC1CCCn2nc(C)nc21. The number of ether oxygens (including phenoxy) is 1. The van der Waals surface area contributed by atoms with E-state index in [1.54, 1.807) is 6.07 Å². The average Bonchev–Trinajstić information content (AvgIpc) is 3.02. The van der Waals surface area contributed by atoms with E-state index in [1.807, 2.05) is 30.7 Å². The molecule has 1 aliphatic rings. The summed E-state index contributed by atoms with van der Waals surface area (Å²) in [5, 5.41) is 21.4. The van der Waals surface area contributed by atoms with Gasteiger partial charge in [0, 0.05) is 18.7 Å². The van der Waals surface area contributed by atoms with Crippen LogP contribution in [-0.4, -0.2) is 39.5 Å². The maximum absolute atomic E-state index is 10.2. The molecule has 0 radical (unpaired) electrons. The molecule has 3 N–H and O–H groups in total. The van der Waals surface area contributed by atoms with Gasteiger partial charge in [-0.1, -0.05) is 12.1 Å². The van der Waals surface area contributed by atoms with Crippen molar-refractivity contribution >= 4 is 5.96 Å². The van der Waals surface area contributed by atoms with Crippen LogP contribution in [0.4, 0.5) is 0 Å². The van der Waals surface area contributed by atoms with E-state index in [4.69, 9.17) is 4.74 Å². The van der Waals surface area contributed by atoms with Crippen molar-refractivity contribution in [2.75, 3.05) is 13.7 Å². The highest BCUT2D eigenvalue weighted by molar-refractivity contribution is 5.80. The first-order valence-corrected chi connectivity index (χ1v) is 8.93. The molecule has 2 heterocycles. The van der Waals surface area contributed by atoms with E-state index in [1.165, 1.54) is 7.11 Å². The van der Waals surface area contributed by atoms with Crippen molar-refractivity contribution < 1.29 is 9.84 Å². The second-order valence-electron chi connectivity index (χ2n) is 6.24. The minimum absolute atomic E-state index is 0.0710. The number of hydrogen-bond acceptors (Lipinski definition) is 5. The lowest BCUT2D eigenvalue weighted by Crippen LogP contribution is -2.41. The third kappa shape index (κ3) is 3.89. The highest BCUT2D eigenvalue weighted by Gasteiger charge is 2.24. The zero-order valence-corrected chi connectivity index (χ0v) is 15.5. The lowest BCUT2D eigenvalue weighted by Gasteiger charge is -2.25. The van der Waals surface area contributed by atoms with Crippen LogP contribution < -0.4 is 15.4 Å². The highest BCUT2D eigenvalue weighted by Crippen LogP contribution is 2.29. The lowest BCUT2D eigenvalue weighted by molar-refractivity contribution is 0.370. The summed E-state index contributed by atoms with van der Waals surface area (Å²) in [5.74, 6) is 3.00. The van der Waals surface area contributed by atoms with E-state index in [9.17, 15) is 5.11 Å². The minimum atomic E-state index is 0.0710. The summed E-state index contributed by atoms with van der Waals surface area (Å²) in [7, 11) is 1.54. The largest absolute Gasteiger partial charge is 0.504 e. The van der Waals surface area contributed by atoms with Gasteiger partial charge in [0.05, 0.1) is 19.7 Å². The minimum Gasteiger partial charge on any atom is -0.504 e. The van der Waals surface area contributed by atoms with E-state index >= 15 is 0 Å². The number of aromatic hydroxyl groups is 1. The number of aliphatic imine (C=N–C) groups is 1. The number of nitrogens with one attached hydrogen (secondary N) is 2. The number of rotatable bonds is 5. The Hall–Kier alpha value is -2.77. The monoisotopic (exact) mass is 358 g/mol. The number of fused-ring (bicyclic) bond motifs is 1. The second-order valence-corrected chi connectivity index (χ2v) is 6.24. The highest BCUT2D eigenvalue weighted by atomic mass is 16.5. The number of phenolic OH excluding ortho intramolecular Hbond substituents is 1. The Bertz CT molecular complexity index is 786. The molecule has 26 heavy (non-hydrogen) atoms. The van der Waals surface area contributed by atoms with Crippen LogP contribution in [0.1, 0.15) is 43.0 Å². The molecule has 0 bridgehead atoms. The average molecular weight is 358 g/mol. The van der Waals surface area contributed by atoms with Gasteiger partial charge in [-0.3, -0.25) is 0 Å².